The number of carbonyl (C=O) groups excluding carboxylic acids is 1. The Morgan fingerprint density at radius 1 is 1.07 bits per heavy atom. The van der Waals surface area contributed by atoms with Crippen molar-refractivity contribution in [3.05, 3.63) is 87.3 Å². The van der Waals surface area contributed by atoms with Crippen LogP contribution < -0.4 is 14.2 Å². The minimum absolute atomic E-state index is 0.0113. The first-order valence-corrected chi connectivity index (χ1v) is 17.0. The first-order valence-electron chi connectivity index (χ1n) is 13.7. The average Bonchev–Trinajstić information content (AvgIpc) is 3.68. The van der Waals surface area contributed by atoms with E-state index in [-0.39, 0.29) is 51.1 Å². The van der Waals surface area contributed by atoms with Gasteiger partial charge in [0.15, 0.2) is 29.3 Å². The third-order valence-electron chi connectivity index (χ3n) is 7.26. The van der Waals surface area contributed by atoms with Crippen molar-refractivity contribution in [3.63, 3.8) is 0 Å². The van der Waals surface area contributed by atoms with Gasteiger partial charge in [-0.1, -0.05) is 47.5 Å². The second-order valence-electron chi connectivity index (χ2n) is 10.2. The van der Waals surface area contributed by atoms with E-state index in [9.17, 15) is 27.2 Å². The van der Waals surface area contributed by atoms with Crippen molar-refractivity contribution < 1.29 is 40.9 Å². The zero-order chi connectivity index (χ0) is 31.4. The zero-order valence-electron chi connectivity index (χ0n) is 23.1. The standard InChI is InChI=1S/C29H28Cl2F2N2O7S2/c30-22-16-34(37)17-23(31)21(22)15-25(18-10-11-24(42-29(32)33)26(14-18)40-19-6-4-5-7-19)41-28(36)27-35(12-13-43-27)44(38,39)20-8-2-1-3-9-20/h1-3,8-11,14,16-17,19,25,27,29H,4-7,12-13,15H2/t25-,27-/m0/s1. The van der Waals surface area contributed by atoms with Gasteiger partial charge in [-0.2, -0.15) is 17.8 Å². The number of aromatic nitrogens is 1. The van der Waals surface area contributed by atoms with Crippen molar-refractivity contribution in [1.29, 1.82) is 0 Å². The van der Waals surface area contributed by atoms with Crippen molar-refractivity contribution >= 4 is 51.0 Å². The van der Waals surface area contributed by atoms with Gasteiger partial charge in [0.1, 0.15) is 16.1 Å². The molecule has 0 amide bonds. The number of hydrogen-bond acceptors (Lipinski definition) is 8. The van der Waals surface area contributed by atoms with Gasteiger partial charge < -0.3 is 19.4 Å². The minimum atomic E-state index is -4.02. The van der Waals surface area contributed by atoms with E-state index in [1.54, 1.807) is 18.2 Å². The lowest BCUT2D eigenvalue weighted by molar-refractivity contribution is -0.605. The molecule has 3 aromatic rings. The largest absolute Gasteiger partial charge is 0.619 e. The molecule has 9 nitrogen and oxygen atoms in total. The maximum atomic E-state index is 13.7. The highest BCUT2D eigenvalue weighted by Gasteiger charge is 2.42. The molecule has 2 atom stereocenters. The topological polar surface area (TPSA) is 109 Å². The van der Waals surface area contributed by atoms with Gasteiger partial charge in [-0.05, 0) is 55.5 Å². The van der Waals surface area contributed by atoms with Crippen molar-refractivity contribution in [2.75, 3.05) is 12.3 Å². The van der Waals surface area contributed by atoms with E-state index in [1.165, 1.54) is 30.3 Å². The molecule has 236 valence electrons. The average molecular weight is 690 g/mol. The molecule has 5 rings (SSSR count). The molecule has 0 unspecified atom stereocenters. The van der Waals surface area contributed by atoms with E-state index >= 15 is 0 Å². The van der Waals surface area contributed by atoms with Crippen molar-refractivity contribution in [3.8, 4) is 11.5 Å². The van der Waals surface area contributed by atoms with Crippen molar-refractivity contribution in [2.45, 2.75) is 61.2 Å². The number of hydrogen-bond donors (Lipinski definition) is 0. The lowest BCUT2D eigenvalue weighted by Gasteiger charge is -2.26. The SMILES string of the molecule is O=C(O[C@@H](Cc1c(Cl)c[n+]([O-])cc1Cl)c1ccc(OC(F)F)c(OC2CCCC2)c1)[C@@H]1SCCN1S(=O)(=O)c1ccccc1. The Hall–Kier alpha value is -2.84. The van der Waals surface area contributed by atoms with E-state index in [4.69, 9.17) is 37.4 Å². The molecule has 0 radical (unpaired) electrons. The summed E-state index contributed by atoms with van der Waals surface area (Å²) < 4.78 is 71.5. The summed E-state index contributed by atoms with van der Waals surface area (Å²) in [5.41, 5.74) is 0.622. The molecule has 1 saturated carbocycles. The van der Waals surface area contributed by atoms with Crippen molar-refractivity contribution in [2.24, 2.45) is 0 Å². The lowest BCUT2D eigenvalue weighted by Crippen LogP contribution is -2.40. The fourth-order valence-electron chi connectivity index (χ4n) is 5.15. The molecule has 15 heteroatoms. The van der Waals surface area contributed by atoms with Gasteiger partial charge >= 0.3 is 12.6 Å². The van der Waals surface area contributed by atoms with Gasteiger partial charge in [0.25, 0.3) is 0 Å². The molecular weight excluding hydrogens is 661 g/mol. The van der Waals surface area contributed by atoms with Crippen LogP contribution in [0.25, 0.3) is 0 Å². The number of benzene rings is 2. The summed E-state index contributed by atoms with van der Waals surface area (Å²) in [5, 5.41) is 10.7. The highest BCUT2D eigenvalue weighted by molar-refractivity contribution is 8.02. The monoisotopic (exact) mass is 688 g/mol. The first-order chi connectivity index (χ1) is 21.0. The Kier molecular flexibility index (Phi) is 10.4. The van der Waals surface area contributed by atoms with E-state index in [1.807, 2.05) is 0 Å². The maximum Gasteiger partial charge on any atom is 0.387 e. The van der Waals surface area contributed by atoms with Crippen LogP contribution in [-0.2, 0) is 26.0 Å². The quantitative estimate of drug-likeness (QED) is 0.134. The summed E-state index contributed by atoms with van der Waals surface area (Å²) in [4.78, 5) is 13.7. The number of pyridine rings is 1. The Morgan fingerprint density at radius 2 is 1.75 bits per heavy atom. The highest BCUT2D eigenvalue weighted by atomic mass is 35.5. The molecule has 2 aliphatic rings. The van der Waals surface area contributed by atoms with Gasteiger partial charge in [0, 0.05) is 24.3 Å². The van der Waals surface area contributed by atoms with Crippen LogP contribution in [0.4, 0.5) is 8.78 Å². The number of carbonyl (C=O) groups is 1. The molecule has 0 spiro atoms. The predicted molar refractivity (Wildman–Crippen MR) is 160 cm³/mol. The fraction of sp³-hybridized carbons (Fsp3) is 0.379. The Balaban J connectivity index is 1.49. The van der Waals surface area contributed by atoms with Gasteiger partial charge in [-0.25, -0.2) is 13.2 Å². The third kappa shape index (κ3) is 7.51. The Bertz CT molecular complexity index is 1570. The molecule has 0 N–H and O–H groups in total. The Morgan fingerprint density at radius 3 is 2.41 bits per heavy atom. The molecule has 2 aromatic carbocycles. The van der Waals surface area contributed by atoms with Crippen LogP contribution in [0.3, 0.4) is 0 Å². The molecule has 1 saturated heterocycles. The number of thioether (sulfide) groups is 1. The number of rotatable bonds is 11. The fourth-order valence-corrected chi connectivity index (χ4v) is 8.81. The number of halogens is 4. The Labute approximate surface area is 267 Å². The summed E-state index contributed by atoms with van der Waals surface area (Å²) in [6.45, 7) is -3.01. The van der Waals surface area contributed by atoms with Crippen LogP contribution in [0.5, 0.6) is 11.5 Å². The summed E-state index contributed by atoms with van der Waals surface area (Å²) in [6.07, 6.45) is 4.08. The van der Waals surface area contributed by atoms with Gasteiger partial charge in [0.2, 0.25) is 10.0 Å². The number of alkyl halides is 2. The number of nitrogens with zero attached hydrogens (tertiary/aromatic N) is 2. The van der Waals surface area contributed by atoms with Gasteiger partial charge in [-0.3, -0.25) is 0 Å². The molecule has 2 fully saturated rings. The van der Waals surface area contributed by atoms with Crippen LogP contribution in [0.2, 0.25) is 10.0 Å². The molecule has 1 aliphatic heterocycles. The molecule has 1 aliphatic carbocycles. The van der Waals surface area contributed by atoms with Crippen LogP contribution >= 0.6 is 35.0 Å². The summed E-state index contributed by atoms with van der Waals surface area (Å²) in [7, 11) is -4.02. The van der Waals surface area contributed by atoms with Crippen LogP contribution in [0, 0.1) is 5.21 Å². The number of sulfonamides is 1. The lowest BCUT2D eigenvalue weighted by atomic mass is 10.0. The summed E-state index contributed by atoms with van der Waals surface area (Å²) in [6, 6.07) is 11.9. The van der Waals surface area contributed by atoms with Gasteiger partial charge in [0.05, 0.1) is 11.0 Å². The normalized spacial score (nSPS) is 18.4. The molecular formula is C29H28Cl2F2N2O7S2. The van der Waals surface area contributed by atoms with E-state index < -0.39 is 34.1 Å². The zero-order valence-corrected chi connectivity index (χ0v) is 26.3. The molecule has 44 heavy (non-hydrogen) atoms. The molecule has 2 heterocycles. The third-order valence-corrected chi connectivity index (χ3v) is 11.1. The van der Waals surface area contributed by atoms with Crippen LogP contribution in [-0.4, -0.2) is 49.1 Å². The second-order valence-corrected chi connectivity index (χ2v) is 14.1. The summed E-state index contributed by atoms with van der Waals surface area (Å²) in [5.74, 6) is -0.627. The molecule has 1 aromatic heterocycles. The number of ether oxygens (including phenoxy) is 3. The highest BCUT2D eigenvalue weighted by Crippen LogP contribution is 2.39. The van der Waals surface area contributed by atoms with Crippen LogP contribution in [0.1, 0.15) is 42.9 Å². The van der Waals surface area contributed by atoms with Crippen molar-refractivity contribution in [1.82, 2.24) is 4.31 Å². The smallest absolute Gasteiger partial charge is 0.387 e. The maximum absolute atomic E-state index is 13.7. The number of esters is 1. The van der Waals surface area contributed by atoms with E-state index in [2.05, 4.69) is 0 Å². The van der Waals surface area contributed by atoms with E-state index in [0.717, 1.165) is 54.1 Å². The molecule has 0 bridgehead atoms. The first kappa shape index (κ1) is 32.6. The van der Waals surface area contributed by atoms with Crippen LogP contribution in [0.15, 0.2) is 65.8 Å². The van der Waals surface area contributed by atoms with Gasteiger partial charge in [-0.15, -0.1) is 11.8 Å². The second kappa shape index (κ2) is 14.1. The van der Waals surface area contributed by atoms with E-state index in [0.29, 0.717) is 16.0 Å². The summed E-state index contributed by atoms with van der Waals surface area (Å²) >= 11 is 13.8. The predicted octanol–water partition coefficient (Wildman–Crippen LogP) is 6.14. The minimum Gasteiger partial charge on any atom is -0.619 e.